The van der Waals surface area contributed by atoms with Gasteiger partial charge in [0.25, 0.3) is 0 Å². The molecule has 0 heterocycles. The number of hydrogen-bond donors (Lipinski definition) is 2. The molecule has 4 fully saturated rings. The van der Waals surface area contributed by atoms with Gasteiger partial charge in [0.2, 0.25) is 0 Å². The number of nitrogens with two attached hydrogens (primary N) is 2. The van der Waals surface area contributed by atoms with E-state index in [1.54, 1.807) is 0 Å². The van der Waals surface area contributed by atoms with Crippen LogP contribution in [0.2, 0.25) is 0 Å². The maximum absolute atomic E-state index is 6.03. The van der Waals surface area contributed by atoms with E-state index in [0.29, 0.717) is 5.41 Å². The van der Waals surface area contributed by atoms with Crippen molar-refractivity contribution in [1.82, 2.24) is 0 Å². The van der Waals surface area contributed by atoms with E-state index in [2.05, 4.69) is 0 Å². The van der Waals surface area contributed by atoms with Gasteiger partial charge in [-0.1, -0.05) is 0 Å². The lowest BCUT2D eigenvalue weighted by molar-refractivity contribution is -0.108. The van der Waals surface area contributed by atoms with Gasteiger partial charge in [-0.25, -0.2) is 0 Å². The van der Waals surface area contributed by atoms with E-state index in [1.807, 2.05) is 0 Å². The van der Waals surface area contributed by atoms with Crippen LogP contribution < -0.4 is 11.5 Å². The van der Waals surface area contributed by atoms with Crippen LogP contribution in [-0.2, 0) is 0 Å². The van der Waals surface area contributed by atoms with Gasteiger partial charge in [0.15, 0.2) is 0 Å². The second-order valence-electron chi connectivity index (χ2n) is 6.35. The summed E-state index contributed by atoms with van der Waals surface area (Å²) in [5.41, 5.74) is 12.4. The van der Waals surface area contributed by atoms with Gasteiger partial charge in [-0.05, 0) is 80.7 Å². The fraction of sp³-hybridized carbons (Fsp3) is 1.00. The van der Waals surface area contributed by atoms with Crippen LogP contribution >= 0.6 is 24.8 Å². The van der Waals surface area contributed by atoms with Crippen LogP contribution in [0.15, 0.2) is 0 Å². The van der Waals surface area contributed by atoms with Crippen molar-refractivity contribution < 1.29 is 0 Å². The summed E-state index contributed by atoms with van der Waals surface area (Å²) in [4.78, 5) is 0. The second kappa shape index (κ2) is 5.64. The summed E-state index contributed by atoms with van der Waals surface area (Å²) in [6.45, 7) is 1.77. The molecule has 4 rings (SSSR count). The molecule has 4 heteroatoms. The first-order chi connectivity index (χ1) is 7.27. The Morgan fingerprint density at radius 1 is 0.941 bits per heavy atom. The van der Waals surface area contributed by atoms with Gasteiger partial charge in [0.05, 0.1) is 0 Å². The van der Waals surface area contributed by atoms with Crippen LogP contribution in [0, 0.1) is 29.1 Å². The molecule has 0 spiro atoms. The highest BCUT2D eigenvalue weighted by molar-refractivity contribution is 5.85. The molecule has 17 heavy (non-hydrogen) atoms. The van der Waals surface area contributed by atoms with E-state index in [9.17, 15) is 0 Å². The maximum atomic E-state index is 6.03. The Morgan fingerprint density at radius 2 is 1.53 bits per heavy atom. The molecule has 3 unspecified atom stereocenters. The minimum atomic E-state index is 0. The van der Waals surface area contributed by atoms with Crippen molar-refractivity contribution in [1.29, 1.82) is 0 Å². The molecule has 0 aromatic heterocycles. The molecule has 4 aliphatic carbocycles. The first-order valence-electron chi connectivity index (χ1n) is 6.67. The molecule has 0 aromatic rings. The molecule has 102 valence electrons. The molecule has 0 amide bonds. The van der Waals surface area contributed by atoms with Gasteiger partial charge in [0.1, 0.15) is 0 Å². The molecule has 4 saturated carbocycles. The van der Waals surface area contributed by atoms with Gasteiger partial charge in [-0.15, -0.1) is 24.8 Å². The molecule has 4 aliphatic rings. The largest absolute Gasteiger partial charge is 0.330 e. The van der Waals surface area contributed by atoms with E-state index in [-0.39, 0.29) is 24.8 Å². The van der Waals surface area contributed by atoms with Gasteiger partial charge >= 0.3 is 0 Å². The molecule has 0 radical (unpaired) electrons. The summed E-state index contributed by atoms with van der Waals surface area (Å²) < 4.78 is 0. The van der Waals surface area contributed by atoms with E-state index in [0.717, 1.165) is 36.8 Å². The Balaban J connectivity index is 0.000000722. The van der Waals surface area contributed by atoms with Crippen LogP contribution in [0.3, 0.4) is 0 Å². The summed E-state index contributed by atoms with van der Waals surface area (Å²) in [5.74, 6) is 3.80. The number of hydrogen-bond acceptors (Lipinski definition) is 2. The van der Waals surface area contributed by atoms with Gasteiger partial charge in [0, 0.05) is 0 Å². The summed E-state index contributed by atoms with van der Waals surface area (Å²) in [7, 11) is 0. The van der Waals surface area contributed by atoms with Crippen LogP contribution in [0.1, 0.15) is 38.5 Å². The van der Waals surface area contributed by atoms with Crippen LogP contribution in [0.5, 0.6) is 0 Å². The van der Waals surface area contributed by atoms with Crippen molar-refractivity contribution in [2.75, 3.05) is 13.1 Å². The Morgan fingerprint density at radius 3 is 2.00 bits per heavy atom. The zero-order valence-corrected chi connectivity index (χ0v) is 12.1. The van der Waals surface area contributed by atoms with Gasteiger partial charge in [-0.2, -0.15) is 0 Å². The number of halogens is 2. The summed E-state index contributed by atoms with van der Waals surface area (Å²) in [6, 6.07) is 0. The SMILES string of the molecule is Cl.Cl.NCCC12CC3CC(CC(C3)C1CN)C2. The first-order valence-corrected chi connectivity index (χ1v) is 6.67. The normalized spacial score (nSPS) is 46.2. The topological polar surface area (TPSA) is 52.0 Å². The zero-order valence-electron chi connectivity index (χ0n) is 10.4. The Hall–Kier alpha value is 0.500. The average Bonchev–Trinajstić information content (AvgIpc) is 2.16. The van der Waals surface area contributed by atoms with Crippen molar-refractivity contribution in [3.63, 3.8) is 0 Å². The summed E-state index contributed by atoms with van der Waals surface area (Å²) >= 11 is 0. The fourth-order valence-electron chi connectivity index (χ4n) is 5.43. The molecular formula is C13H26Cl2N2. The maximum Gasteiger partial charge on any atom is -0.00409 e. The molecule has 0 saturated heterocycles. The third kappa shape index (κ3) is 2.34. The lowest BCUT2D eigenvalue weighted by Crippen LogP contribution is -2.55. The highest BCUT2D eigenvalue weighted by Gasteiger charge is 2.55. The average molecular weight is 281 g/mol. The standard InChI is InChI=1S/C13H24N2.2ClH/c14-2-1-13-6-9-3-10(7-13)5-11(4-9)12(13)8-15;;/h9-12H,1-8,14-15H2;2*1H. The highest BCUT2D eigenvalue weighted by Crippen LogP contribution is 2.63. The Bertz CT molecular complexity index is 246. The summed E-state index contributed by atoms with van der Waals surface area (Å²) in [5, 5.41) is 0. The molecule has 2 nitrogen and oxygen atoms in total. The van der Waals surface area contributed by atoms with Crippen molar-refractivity contribution >= 4 is 24.8 Å². The molecule has 3 atom stereocenters. The van der Waals surface area contributed by atoms with Crippen molar-refractivity contribution in [3.05, 3.63) is 0 Å². The third-order valence-electron chi connectivity index (χ3n) is 5.58. The molecular weight excluding hydrogens is 255 g/mol. The molecule has 0 aromatic carbocycles. The van der Waals surface area contributed by atoms with Gasteiger partial charge < -0.3 is 11.5 Å². The van der Waals surface area contributed by atoms with Crippen molar-refractivity contribution in [2.24, 2.45) is 40.6 Å². The summed E-state index contributed by atoms with van der Waals surface area (Å²) in [6.07, 6.45) is 8.59. The first kappa shape index (κ1) is 15.6. The minimum Gasteiger partial charge on any atom is -0.330 e. The molecule has 4 N–H and O–H groups in total. The van der Waals surface area contributed by atoms with Crippen molar-refractivity contribution in [3.8, 4) is 0 Å². The molecule has 4 bridgehead atoms. The van der Waals surface area contributed by atoms with Crippen LogP contribution in [0.4, 0.5) is 0 Å². The van der Waals surface area contributed by atoms with E-state index >= 15 is 0 Å². The Kier molecular flexibility index (Phi) is 5.17. The lowest BCUT2D eigenvalue weighted by Gasteiger charge is -2.61. The van der Waals surface area contributed by atoms with Crippen LogP contribution in [0.25, 0.3) is 0 Å². The monoisotopic (exact) mass is 280 g/mol. The number of rotatable bonds is 3. The fourth-order valence-corrected chi connectivity index (χ4v) is 5.43. The van der Waals surface area contributed by atoms with Crippen LogP contribution in [-0.4, -0.2) is 13.1 Å². The van der Waals surface area contributed by atoms with E-state index in [1.165, 1.54) is 38.5 Å². The predicted molar refractivity (Wildman–Crippen MR) is 76.7 cm³/mol. The van der Waals surface area contributed by atoms with Gasteiger partial charge in [-0.3, -0.25) is 0 Å². The predicted octanol–water partition coefficient (Wildman–Crippen LogP) is 2.58. The molecule has 0 aliphatic heterocycles. The second-order valence-corrected chi connectivity index (χ2v) is 6.35. The smallest absolute Gasteiger partial charge is 0.00409 e. The van der Waals surface area contributed by atoms with E-state index in [4.69, 9.17) is 11.5 Å². The highest BCUT2D eigenvalue weighted by atomic mass is 35.5. The lowest BCUT2D eigenvalue weighted by atomic mass is 9.44. The minimum absolute atomic E-state index is 0. The third-order valence-corrected chi connectivity index (χ3v) is 5.58. The van der Waals surface area contributed by atoms with Crippen molar-refractivity contribution in [2.45, 2.75) is 38.5 Å². The quantitative estimate of drug-likeness (QED) is 0.835. The zero-order chi connectivity index (χ0) is 10.5. The van der Waals surface area contributed by atoms with E-state index < -0.39 is 0 Å². The Labute approximate surface area is 117 Å².